The van der Waals surface area contributed by atoms with Crippen LogP contribution in [0.15, 0.2) is 59.8 Å². The van der Waals surface area contributed by atoms with Crippen molar-refractivity contribution in [1.29, 1.82) is 0 Å². The van der Waals surface area contributed by atoms with E-state index in [-0.39, 0.29) is 29.9 Å². The maximum atomic E-state index is 12.9. The smallest absolute Gasteiger partial charge is 0.244 e. The van der Waals surface area contributed by atoms with Gasteiger partial charge in [-0.2, -0.15) is 0 Å². The van der Waals surface area contributed by atoms with Crippen LogP contribution in [0, 0.1) is 5.82 Å². The van der Waals surface area contributed by atoms with Gasteiger partial charge in [-0.1, -0.05) is 41.6 Å². The van der Waals surface area contributed by atoms with E-state index in [2.05, 4.69) is 20.8 Å². The predicted octanol–water partition coefficient (Wildman–Crippen LogP) is 3.67. The maximum Gasteiger partial charge on any atom is 0.244 e. The first-order valence-electron chi connectivity index (χ1n) is 9.19. The highest BCUT2D eigenvalue weighted by atomic mass is 35.5. The summed E-state index contributed by atoms with van der Waals surface area (Å²) in [5.74, 6) is -0.266. The van der Waals surface area contributed by atoms with Crippen molar-refractivity contribution in [1.82, 2.24) is 20.1 Å². The predicted molar refractivity (Wildman–Crippen MR) is 119 cm³/mol. The fourth-order valence-electron chi connectivity index (χ4n) is 2.49. The van der Waals surface area contributed by atoms with Gasteiger partial charge in [-0.05, 0) is 42.0 Å². The van der Waals surface area contributed by atoms with E-state index in [1.807, 2.05) is 18.2 Å². The molecule has 160 valence electrons. The Morgan fingerprint density at radius 3 is 2.65 bits per heavy atom. The molecular formula is C21H19ClFN5O2S. The fraction of sp³-hybridized carbons (Fsp3) is 0.143. The summed E-state index contributed by atoms with van der Waals surface area (Å²) >= 11 is 7.26. The minimum absolute atomic E-state index is 0.107. The van der Waals surface area contributed by atoms with Crippen LogP contribution >= 0.6 is 23.4 Å². The Labute approximate surface area is 187 Å². The molecule has 0 bridgehead atoms. The molecular weight excluding hydrogens is 441 g/mol. The summed E-state index contributed by atoms with van der Waals surface area (Å²) in [5, 5.41) is 14.6. The fourth-order valence-corrected chi connectivity index (χ4v) is 3.41. The molecule has 1 aromatic heterocycles. The normalized spacial score (nSPS) is 10.9. The van der Waals surface area contributed by atoms with Crippen LogP contribution in [0.4, 0.5) is 10.1 Å². The van der Waals surface area contributed by atoms with E-state index in [9.17, 15) is 14.0 Å². The van der Waals surface area contributed by atoms with E-state index < -0.39 is 0 Å². The quantitative estimate of drug-likeness (QED) is 0.396. The second kappa shape index (κ2) is 10.7. The van der Waals surface area contributed by atoms with Gasteiger partial charge < -0.3 is 15.2 Å². The van der Waals surface area contributed by atoms with Crippen molar-refractivity contribution in [2.45, 2.75) is 11.7 Å². The van der Waals surface area contributed by atoms with Crippen molar-refractivity contribution >= 4 is 46.9 Å². The molecule has 3 aromatic rings. The van der Waals surface area contributed by atoms with Crippen LogP contribution in [0.25, 0.3) is 6.08 Å². The molecule has 0 unspecified atom stereocenters. The topological polar surface area (TPSA) is 88.9 Å². The number of anilines is 1. The lowest BCUT2D eigenvalue weighted by molar-refractivity contribution is -0.116. The summed E-state index contributed by atoms with van der Waals surface area (Å²) < 4.78 is 14.6. The Kier molecular flexibility index (Phi) is 7.80. The summed E-state index contributed by atoms with van der Waals surface area (Å²) in [6, 6.07) is 12.7. The zero-order valence-corrected chi connectivity index (χ0v) is 18.1. The number of hydrogen-bond acceptors (Lipinski definition) is 5. The molecule has 0 aliphatic carbocycles. The van der Waals surface area contributed by atoms with Gasteiger partial charge in [0.25, 0.3) is 0 Å². The average molecular weight is 460 g/mol. The Morgan fingerprint density at radius 2 is 1.90 bits per heavy atom. The number of benzene rings is 2. The third kappa shape index (κ3) is 6.66. The van der Waals surface area contributed by atoms with Crippen LogP contribution < -0.4 is 10.6 Å². The number of thioether (sulfide) groups is 1. The van der Waals surface area contributed by atoms with E-state index in [4.69, 9.17) is 11.6 Å². The van der Waals surface area contributed by atoms with Crippen molar-refractivity contribution in [2.75, 3.05) is 11.1 Å². The molecule has 0 spiro atoms. The highest BCUT2D eigenvalue weighted by Gasteiger charge is 2.12. The first kappa shape index (κ1) is 22.5. The van der Waals surface area contributed by atoms with Crippen LogP contribution in [-0.2, 0) is 23.2 Å². The number of carbonyl (C=O) groups excluding carboxylic acids is 2. The molecule has 0 atom stereocenters. The molecule has 0 aliphatic heterocycles. The van der Waals surface area contributed by atoms with Gasteiger partial charge in [0.05, 0.1) is 12.3 Å². The van der Waals surface area contributed by atoms with E-state index in [0.717, 1.165) is 5.56 Å². The van der Waals surface area contributed by atoms with Crippen LogP contribution in [0.1, 0.15) is 11.4 Å². The summed E-state index contributed by atoms with van der Waals surface area (Å²) in [4.78, 5) is 24.1. The first-order valence-corrected chi connectivity index (χ1v) is 10.6. The average Bonchev–Trinajstić information content (AvgIpc) is 3.11. The third-order valence-electron chi connectivity index (χ3n) is 4.13. The monoisotopic (exact) mass is 459 g/mol. The van der Waals surface area contributed by atoms with E-state index in [0.29, 0.717) is 21.7 Å². The van der Waals surface area contributed by atoms with Crippen molar-refractivity contribution in [2.24, 2.45) is 7.05 Å². The molecule has 0 fully saturated rings. The molecule has 0 radical (unpaired) electrons. The number of carbonyl (C=O) groups is 2. The Hall–Kier alpha value is -3.17. The number of nitrogens with one attached hydrogen (secondary N) is 2. The molecule has 31 heavy (non-hydrogen) atoms. The van der Waals surface area contributed by atoms with Gasteiger partial charge in [0.15, 0.2) is 11.0 Å². The molecule has 2 N–H and O–H groups in total. The minimum atomic E-state index is -0.370. The third-order valence-corrected chi connectivity index (χ3v) is 5.49. The minimum Gasteiger partial charge on any atom is -0.345 e. The molecule has 2 aromatic carbocycles. The SMILES string of the molecule is Cn1c(CNC(=O)C=Cc2ccccc2Cl)nnc1SCC(=O)Nc1ccc(F)cc1. The standard InChI is InChI=1S/C21H19ClFN5O2S/c1-28-18(12-24-19(29)11-6-14-4-2-3-5-17(14)22)26-27-21(28)31-13-20(30)25-16-9-7-15(23)8-10-16/h2-11H,12-13H2,1H3,(H,24,29)(H,25,30). The zero-order chi connectivity index (χ0) is 22.2. The van der Waals surface area contributed by atoms with Gasteiger partial charge in [-0.15, -0.1) is 10.2 Å². The van der Waals surface area contributed by atoms with Crippen molar-refractivity contribution in [3.63, 3.8) is 0 Å². The Bertz CT molecular complexity index is 1100. The van der Waals surface area contributed by atoms with Crippen LogP contribution in [-0.4, -0.2) is 32.3 Å². The molecule has 0 saturated carbocycles. The van der Waals surface area contributed by atoms with Crippen LogP contribution in [0.3, 0.4) is 0 Å². The Morgan fingerprint density at radius 1 is 1.16 bits per heavy atom. The van der Waals surface area contributed by atoms with Crippen molar-refractivity contribution in [3.8, 4) is 0 Å². The summed E-state index contributed by atoms with van der Waals surface area (Å²) in [6.07, 6.45) is 3.03. The van der Waals surface area contributed by atoms with Crippen LogP contribution in [0.2, 0.25) is 5.02 Å². The van der Waals surface area contributed by atoms with Gasteiger partial charge >= 0.3 is 0 Å². The van der Waals surface area contributed by atoms with Gasteiger partial charge in [0.1, 0.15) is 5.82 Å². The second-order valence-electron chi connectivity index (χ2n) is 6.37. The lowest BCUT2D eigenvalue weighted by Crippen LogP contribution is -2.22. The van der Waals surface area contributed by atoms with Gasteiger partial charge in [-0.25, -0.2) is 4.39 Å². The molecule has 3 rings (SSSR count). The lowest BCUT2D eigenvalue weighted by Gasteiger charge is -2.06. The number of rotatable bonds is 8. The maximum absolute atomic E-state index is 12.9. The van der Waals surface area contributed by atoms with Gasteiger partial charge in [0, 0.05) is 23.8 Å². The summed E-state index contributed by atoms with van der Waals surface area (Å²) in [6.45, 7) is 0.178. The molecule has 1 heterocycles. The van der Waals surface area contributed by atoms with E-state index in [1.54, 1.807) is 23.8 Å². The number of nitrogens with zero attached hydrogens (tertiary/aromatic N) is 3. The molecule has 10 heteroatoms. The molecule has 2 amide bonds. The number of hydrogen-bond donors (Lipinski definition) is 2. The number of amides is 2. The largest absolute Gasteiger partial charge is 0.345 e. The first-order chi connectivity index (χ1) is 14.9. The Balaban J connectivity index is 1.48. The highest BCUT2D eigenvalue weighted by Crippen LogP contribution is 2.17. The highest BCUT2D eigenvalue weighted by molar-refractivity contribution is 7.99. The van der Waals surface area contributed by atoms with Crippen LogP contribution in [0.5, 0.6) is 0 Å². The molecule has 7 nitrogen and oxygen atoms in total. The second-order valence-corrected chi connectivity index (χ2v) is 7.72. The van der Waals surface area contributed by atoms with E-state index >= 15 is 0 Å². The number of halogens is 2. The molecule has 0 saturated heterocycles. The van der Waals surface area contributed by atoms with Crippen molar-refractivity contribution in [3.05, 3.63) is 76.8 Å². The lowest BCUT2D eigenvalue weighted by atomic mass is 10.2. The van der Waals surface area contributed by atoms with Crippen molar-refractivity contribution < 1.29 is 14.0 Å². The zero-order valence-electron chi connectivity index (χ0n) is 16.5. The van der Waals surface area contributed by atoms with E-state index in [1.165, 1.54) is 42.1 Å². The van der Waals surface area contributed by atoms with Gasteiger partial charge in [0.2, 0.25) is 11.8 Å². The van der Waals surface area contributed by atoms with Gasteiger partial charge in [-0.3, -0.25) is 9.59 Å². The molecule has 0 aliphatic rings. The number of aromatic nitrogens is 3. The summed E-state index contributed by atoms with van der Waals surface area (Å²) in [5.41, 5.74) is 1.26. The summed E-state index contributed by atoms with van der Waals surface area (Å²) in [7, 11) is 1.75.